The van der Waals surface area contributed by atoms with E-state index in [0.29, 0.717) is 6.61 Å². The van der Waals surface area contributed by atoms with Crippen LogP contribution >= 0.6 is 0 Å². The van der Waals surface area contributed by atoms with Gasteiger partial charge in [-0.05, 0) is 13.8 Å². The van der Waals surface area contributed by atoms with Crippen LogP contribution in [0.15, 0.2) is 18.4 Å². The van der Waals surface area contributed by atoms with Gasteiger partial charge in [0.05, 0.1) is 6.61 Å². The van der Waals surface area contributed by atoms with E-state index in [0.717, 1.165) is 0 Å². The summed E-state index contributed by atoms with van der Waals surface area (Å²) in [5.41, 5.74) is 2.41. The fraction of sp³-hybridized carbons (Fsp3) is 0.556. The maximum Gasteiger partial charge on any atom is 0.194 e. The van der Waals surface area contributed by atoms with Gasteiger partial charge in [-0.2, -0.15) is 0 Å². The summed E-state index contributed by atoms with van der Waals surface area (Å²) >= 11 is 0. The summed E-state index contributed by atoms with van der Waals surface area (Å²) in [4.78, 5) is 11.2. The summed E-state index contributed by atoms with van der Waals surface area (Å²) in [5.74, 6) is -0.787. The van der Waals surface area contributed by atoms with Gasteiger partial charge in [0.25, 0.3) is 0 Å². The smallest absolute Gasteiger partial charge is 0.194 e. The van der Waals surface area contributed by atoms with E-state index in [9.17, 15) is 4.79 Å². The highest BCUT2D eigenvalue weighted by atomic mass is 16.7. The molecule has 12 heavy (non-hydrogen) atoms. The first-order valence-corrected chi connectivity index (χ1v) is 3.76. The largest absolute Gasteiger partial charge is 0.347 e. The molecule has 0 unspecified atom stereocenters. The molecule has 1 rings (SSSR count). The zero-order chi connectivity index (χ0) is 9.19. The highest BCUT2D eigenvalue weighted by Crippen LogP contribution is 2.22. The third kappa shape index (κ3) is 2.05. The monoisotopic (exact) mass is 168 g/mol. The minimum atomic E-state index is -0.644. The van der Waals surface area contributed by atoms with Crippen molar-refractivity contribution in [1.29, 1.82) is 0 Å². The van der Waals surface area contributed by atoms with Crippen molar-refractivity contribution in [2.75, 3.05) is 6.61 Å². The van der Waals surface area contributed by atoms with Crippen LogP contribution in [0.2, 0.25) is 0 Å². The van der Waals surface area contributed by atoms with E-state index in [1.807, 2.05) is 0 Å². The molecule has 0 spiro atoms. The molecule has 1 aliphatic rings. The SMILES string of the molecule is C=C=CC(=O)[C@H]1COC(C)(C)O1. The second kappa shape index (κ2) is 3.23. The van der Waals surface area contributed by atoms with E-state index < -0.39 is 11.9 Å². The van der Waals surface area contributed by atoms with E-state index in [4.69, 9.17) is 9.47 Å². The number of ether oxygens (including phenoxy) is 2. The lowest BCUT2D eigenvalue weighted by atomic mass is 10.2. The van der Waals surface area contributed by atoms with Crippen LogP contribution in [0.1, 0.15) is 13.8 Å². The normalized spacial score (nSPS) is 26.3. The average Bonchev–Trinajstić information content (AvgIpc) is 2.31. The summed E-state index contributed by atoms with van der Waals surface area (Å²) in [6.07, 6.45) is 0.782. The van der Waals surface area contributed by atoms with Gasteiger partial charge in [0.2, 0.25) is 0 Å². The maximum atomic E-state index is 11.2. The number of ketones is 1. The molecule has 0 aliphatic carbocycles. The van der Waals surface area contributed by atoms with Crippen LogP contribution in [0.4, 0.5) is 0 Å². The molecule has 1 aliphatic heterocycles. The summed E-state index contributed by atoms with van der Waals surface area (Å²) in [6, 6.07) is 0. The molecule has 0 N–H and O–H groups in total. The molecule has 1 saturated heterocycles. The second-order valence-electron chi connectivity index (χ2n) is 3.07. The van der Waals surface area contributed by atoms with Crippen LogP contribution in [-0.4, -0.2) is 24.3 Å². The van der Waals surface area contributed by atoms with Crippen LogP contribution in [0.3, 0.4) is 0 Å². The van der Waals surface area contributed by atoms with E-state index in [2.05, 4.69) is 12.3 Å². The lowest BCUT2D eigenvalue weighted by Crippen LogP contribution is -2.25. The van der Waals surface area contributed by atoms with Gasteiger partial charge in [-0.1, -0.05) is 6.58 Å². The Kier molecular flexibility index (Phi) is 2.48. The third-order valence-corrected chi connectivity index (χ3v) is 1.57. The fourth-order valence-electron chi connectivity index (χ4n) is 1.02. The van der Waals surface area contributed by atoms with E-state index >= 15 is 0 Å². The van der Waals surface area contributed by atoms with E-state index in [1.165, 1.54) is 6.08 Å². The molecule has 0 amide bonds. The summed E-state index contributed by atoms with van der Waals surface area (Å²) < 4.78 is 10.5. The van der Waals surface area contributed by atoms with Crippen molar-refractivity contribution in [3.05, 3.63) is 18.4 Å². The fourth-order valence-corrected chi connectivity index (χ4v) is 1.02. The Balaban J connectivity index is 2.58. The Morgan fingerprint density at radius 1 is 1.75 bits per heavy atom. The summed E-state index contributed by atoms with van der Waals surface area (Å²) in [7, 11) is 0. The zero-order valence-electron chi connectivity index (χ0n) is 7.29. The van der Waals surface area contributed by atoms with Crippen molar-refractivity contribution in [2.45, 2.75) is 25.7 Å². The van der Waals surface area contributed by atoms with Crippen LogP contribution in [-0.2, 0) is 14.3 Å². The van der Waals surface area contributed by atoms with E-state index in [-0.39, 0.29) is 5.78 Å². The molecule has 1 atom stereocenters. The Labute approximate surface area is 71.7 Å². The summed E-state index contributed by atoms with van der Waals surface area (Å²) in [5, 5.41) is 0. The van der Waals surface area contributed by atoms with Gasteiger partial charge >= 0.3 is 0 Å². The first kappa shape index (κ1) is 9.20. The predicted molar refractivity (Wildman–Crippen MR) is 43.6 cm³/mol. The zero-order valence-corrected chi connectivity index (χ0v) is 7.29. The van der Waals surface area contributed by atoms with Gasteiger partial charge in [-0.3, -0.25) is 4.79 Å². The minimum Gasteiger partial charge on any atom is -0.347 e. The molecule has 0 aromatic rings. The van der Waals surface area contributed by atoms with Gasteiger partial charge in [0.1, 0.15) is 6.10 Å². The van der Waals surface area contributed by atoms with E-state index in [1.54, 1.807) is 13.8 Å². The molecule has 3 nitrogen and oxygen atoms in total. The number of hydrogen-bond donors (Lipinski definition) is 0. The highest BCUT2D eigenvalue weighted by Gasteiger charge is 2.35. The highest BCUT2D eigenvalue weighted by molar-refractivity contribution is 5.93. The predicted octanol–water partition coefficient (Wildman–Crippen LogP) is 1.05. The maximum absolute atomic E-state index is 11.2. The minimum absolute atomic E-state index is 0.143. The first-order valence-electron chi connectivity index (χ1n) is 3.76. The van der Waals surface area contributed by atoms with Gasteiger partial charge < -0.3 is 9.47 Å². The van der Waals surface area contributed by atoms with Crippen molar-refractivity contribution >= 4 is 5.78 Å². The average molecular weight is 168 g/mol. The van der Waals surface area contributed by atoms with Crippen molar-refractivity contribution in [2.24, 2.45) is 0 Å². The van der Waals surface area contributed by atoms with Crippen LogP contribution < -0.4 is 0 Å². The van der Waals surface area contributed by atoms with Crippen LogP contribution in [0.5, 0.6) is 0 Å². The molecule has 3 heteroatoms. The third-order valence-electron chi connectivity index (χ3n) is 1.57. The van der Waals surface area contributed by atoms with Crippen molar-refractivity contribution in [1.82, 2.24) is 0 Å². The summed E-state index contributed by atoms with van der Waals surface area (Å²) in [6.45, 7) is 7.17. The molecule has 0 bridgehead atoms. The molecular weight excluding hydrogens is 156 g/mol. The molecule has 0 aromatic carbocycles. The Hall–Kier alpha value is -0.890. The number of carbonyl (C=O) groups excluding carboxylic acids is 1. The molecular formula is C9H12O3. The van der Waals surface area contributed by atoms with Crippen molar-refractivity contribution in [3.8, 4) is 0 Å². The molecule has 1 heterocycles. The second-order valence-corrected chi connectivity index (χ2v) is 3.07. The Bertz CT molecular complexity index is 236. The van der Waals surface area contributed by atoms with Gasteiger partial charge in [0.15, 0.2) is 11.6 Å². The molecule has 66 valence electrons. The van der Waals surface area contributed by atoms with Gasteiger partial charge in [-0.25, -0.2) is 0 Å². The standard InChI is InChI=1S/C9H12O3/c1-4-5-7(10)8-6-11-9(2,3)12-8/h5,8H,1,6H2,2-3H3/t8-/m1/s1. The number of rotatable bonds is 2. The molecule has 1 fully saturated rings. The number of carbonyl (C=O) groups is 1. The van der Waals surface area contributed by atoms with Gasteiger partial charge in [-0.15, -0.1) is 5.73 Å². The van der Waals surface area contributed by atoms with Crippen LogP contribution in [0.25, 0.3) is 0 Å². The Morgan fingerprint density at radius 3 is 2.83 bits per heavy atom. The Morgan fingerprint density at radius 2 is 2.42 bits per heavy atom. The quantitative estimate of drug-likeness (QED) is 0.456. The molecule has 0 radical (unpaired) electrons. The molecule has 0 saturated carbocycles. The van der Waals surface area contributed by atoms with Crippen molar-refractivity contribution in [3.63, 3.8) is 0 Å². The topological polar surface area (TPSA) is 35.5 Å². The lowest BCUT2D eigenvalue weighted by Gasteiger charge is -2.15. The van der Waals surface area contributed by atoms with Crippen LogP contribution in [0, 0.1) is 0 Å². The van der Waals surface area contributed by atoms with Gasteiger partial charge in [0, 0.05) is 6.08 Å². The lowest BCUT2D eigenvalue weighted by molar-refractivity contribution is -0.149. The first-order chi connectivity index (χ1) is 5.55. The molecule has 0 aromatic heterocycles. The van der Waals surface area contributed by atoms with Crippen molar-refractivity contribution < 1.29 is 14.3 Å². The number of hydrogen-bond acceptors (Lipinski definition) is 3.